The van der Waals surface area contributed by atoms with Crippen molar-refractivity contribution in [2.75, 3.05) is 0 Å². The molecule has 0 spiro atoms. The highest BCUT2D eigenvalue weighted by Crippen LogP contribution is 2.37. The summed E-state index contributed by atoms with van der Waals surface area (Å²) < 4.78 is 3.49. The normalized spacial score (nSPS) is 11.5. The highest BCUT2D eigenvalue weighted by Gasteiger charge is 2.15. The first kappa shape index (κ1) is 21.2. The van der Waals surface area contributed by atoms with Crippen molar-refractivity contribution in [3.05, 3.63) is 138 Å². The largest absolute Gasteiger partial charge is 0.309 e. The SMILES string of the molecule is Brc1ccc2c(c1)c1ccccc1n2-c1cc(-c2ccccc2)cc(-c2ccc3ccccc3c2)c1. The molecule has 0 saturated carbocycles. The minimum absolute atomic E-state index is 1.09. The van der Waals surface area contributed by atoms with Gasteiger partial charge in [-0.2, -0.15) is 0 Å². The Morgan fingerprint density at radius 2 is 1.11 bits per heavy atom. The summed E-state index contributed by atoms with van der Waals surface area (Å²) in [6.45, 7) is 0. The summed E-state index contributed by atoms with van der Waals surface area (Å²) in [7, 11) is 0. The van der Waals surface area contributed by atoms with Gasteiger partial charge < -0.3 is 4.57 Å². The van der Waals surface area contributed by atoms with Gasteiger partial charge >= 0.3 is 0 Å². The molecule has 7 aromatic rings. The maximum Gasteiger partial charge on any atom is 0.0541 e. The van der Waals surface area contributed by atoms with Gasteiger partial charge in [-0.1, -0.05) is 101 Å². The summed E-state index contributed by atoms with van der Waals surface area (Å²) in [5.74, 6) is 0. The van der Waals surface area contributed by atoms with Crippen LogP contribution in [0.5, 0.6) is 0 Å². The Hall–Kier alpha value is -4.14. The Morgan fingerprint density at radius 3 is 1.97 bits per heavy atom. The van der Waals surface area contributed by atoms with E-state index >= 15 is 0 Å². The number of rotatable bonds is 3. The van der Waals surface area contributed by atoms with Crippen LogP contribution in [0, 0.1) is 0 Å². The van der Waals surface area contributed by atoms with Crippen LogP contribution in [-0.2, 0) is 0 Å². The van der Waals surface area contributed by atoms with Crippen molar-refractivity contribution >= 4 is 48.5 Å². The lowest BCUT2D eigenvalue weighted by Crippen LogP contribution is -1.96. The van der Waals surface area contributed by atoms with Gasteiger partial charge in [-0.25, -0.2) is 0 Å². The maximum atomic E-state index is 3.68. The Balaban J connectivity index is 1.54. The molecule has 0 aliphatic rings. The molecule has 0 aliphatic heterocycles. The minimum atomic E-state index is 1.09. The van der Waals surface area contributed by atoms with Crippen LogP contribution in [0.4, 0.5) is 0 Å². The maximum absolute atomic E-state index is 3.68. The van der Waals surface area contributed by atoms with Gasteiger partial charge in [-0.3, -0.25) is 0 Å². The molecular formula is C34H22BrN. The van der Waals surface area contributed by atoms with E-state index in [1.807, 2.05) is 0 Å². The molecule has 1 aromatic heterocycles. The van der Waals surface area contributed by atoms with Crippen molar-refractivity contribution in [2.45, 2.75) is 0 Å². The molecule has 0 atom stereocenters. The number of hydrogen-bond donors (Lipinski definition) is 0. The standard InChI is InChI=1S/C34H22BrN/c35-29-16-17-34-32(22-29)31-12-6-7-13-33(31)36(34)30-20-27(23-8-2-1-3-9-23)19-28(21-30)26-15-14-24-10-4-5-11-25(24)18-26/h1-22H. The predicted octanol–water partition coefficient (Wildman–Crippen LogP) is 10.0. The zero-order chi connectivity index (χ0) is 24.1. The van der Waals surface area contributed by atoms with Gasteiger partial charge in [0.1, 0.15) is 0 Å². The summed E-state index contributed by atoms with van der Waals surface area (Å²) in [5.41, 5.74) is 8.42. The number of halogens is 1. The number of nitrogens with zero attached hydrogens (tertiary/aromatic N) is 1. The van der Waals surface area contributed by atoms with Gasteiger partial charge in [0, 0.05) is 20.9 Å². The molecule has 0 amide bonds. The van der Waals surface area contributed by atoms with E-state index in [2.05, 4.69) is 154 Å². The molecule has 7 rings (SSSR count). The molecule has 0 saturated heterocycles. The summed E-state index contributed by atoms with van der Waals surface area (Å²) in [5, 5.41) is 5.01. The van der Waals surface area contributed by atoms with Crippen LogP contribution in [-0.4, -0.2) is 4.57 Å². The lowest BCUT2D eigenvalue weighted by atomic mass is 9.96. The predicted molar refractivity (Wildman–Crippen MR) is 157 cm³/mol. The molecular weight excluding hydrogens is 502 g/mol. The highest BCUT2D eigenvalue weighted by molar-refractivity contribution is 9.10. The average molecular weight is 524 g/mol. The van der Waals surface area contributed by atoms with Crippen molar-refractivity contribution in [3.63, 3.8) is 0 Å². The van der Waals surface area contributed by atoms with E-state index in [9.17, 15) is 0 Å². The van der Waals surface area contributed by atoms with Crippen LogP contribution in [0.15, 0.2) is 138 Å². The van der Waals surface area contributed by atoms with Crippen molar-refractivity contribution in [1.82, 2.24) is 4.57 Å². The molecule has 0 N–H and O–H groups in total. The van der Waals surface area contributed by atoms with Crippen LogP contribution in [0.25, 0.3) is 60.5 Å². The molecule has 0 radical (unpaired) electrons. The first-order valence-electron chi connectivity index (χ1n) is 12.1. The Kier molecular flexibility index (Phi) is 5.00. The first-order chi connectivity index (χ1) is 17.7. The smallest absolute Gasteiger partial charge is 0.0541 e. The molecule has 1 heterocycles. The number of hydrogen-bond acceptors (Lipinski definition) is 0. The van der Waals surface area contributed by atoms with Crippen LogP contribution in [0.3, 0.4) is 0 Å². The zero-order valence-electron chi connectivity index (χ0n) is 19.5. The number of aromatic nitrogens is 1. The Bertz CT molecular complexity index is 1900. The van der Waals surface area contributed by atoms with Gasteiger partial charge in [0.05, 0.1) is 11.0 Å². The zero-order valence-corrected chi connectivity index (χ0v) is 21.1. The number of fused-ring (bicyclic) bond motifs is 4. The first-order valence-corrected chi connectivity index (χ1v) is 12.9. The molecule has 6 aromatic carbocycles. The van der Waals surface area contributed by atoms with Gasteiger partial charge in [-0.15, -0.1) is 0 Å². The third-order valence-electron chi connectivity index (χ3n) is 7.00. The van der Waals surface area contributed by atoms with E-state index in [-0.39, 0.29) is 0 Å². The fourth-order valence-electron chi connectivity index (χ4n) is 5.30. The average Bonchev–Trinajstić information content (AvgIpc) is 3.26. The van der Waals surface area contributed by atoms with Gasteiger partial charge in [0.25, 0.3) is 0 Å². The fourth-order valence-corrected chi connectivity index (χ4v) is 5.66. The molecule has 2 heteroatoms. The topological polar surface area (TPSA) is 4.93 Å². The highest BCUT2D eigenvalue weighted by atomic mass is 79.9. The van der Waals surface area contributed by atoms with Crippen molar-refractivity contribution < 1.29 is 0 Å². The lowest BCUT2D eigenvalue weighted by Gasteiger charge is -2.14. The second-order valence-electron chi connectivity index (χ2n) is 9.21. The van der Waals surface area contributed by atoms with E-state index in [4.69, 9.17) is 0 Å². The van der Waals surface area contributed by atoms with Crippen molar-refractivity contribution in [2.24, 2.45) is 0 Å². The summed E-state index contributed by atoms with van der Waals surface area (Å²) in [4.78, 5) is 0. The minimum Gasteiger partial charge on any atom is -0.309 e. The van der Waals surface area contributed by atoms with Crippen LogP contribution in [0.1, 0.15) is 0 Å². The quantitative estimate of drug-likeness (QED) is 0.217. The Labute approximate surface area is 218 Å². The van der Waals surface area contributed by atoms with E-state index in [1.165, 1.54) is 54.8 Å². The van der Waals surface area contributed by atoms with Gasteiger partial charge in [0.15, 0.2) is 0 Å². The molecule has 36 heavy (non-hydrogen) atoms. The monoisotopic (exact) mass is 523 g/mol. The van der Waals surface area contributed by atoms with Crippen molar-refractivity contribution in [1.29, 1.82) is 0 Å². The molecule has 0 fully saturated rings. The molecule has 0 unspecified atom stereocenters. The molecule has 0 bridgehead atoms. The Morgan fingerprint density at radius 1 is 0.417 bits per heavy atom. The fraction of sp³-hybridized carbons (Fsp3) is 0. The summed E-state index contributed by atoms with van der Waals surface area (Å²) >= 11 is 3.68. The van der Waals surface area contributed by atoms with Crippen molar-refractivity contribution in [3.8, 4) is 27.9 Å². The van der Waals surface area contributed by atoms with E-state index in [0.29, 0.717) is 0 Å². The second kappa shape index (κ2) is 8.51. The van der Waals surface area contributed by atoms with E-state index < -0.39 is 0 Å². The molecule has 170 valence electrons. The van der Waals surface area contributed by atoms with E-state index in [1.54, 1.807) is 0 Å². The third kappa shape index (κ3) is 3.54. The van der Waals surface area contributed by atoms with Gasteiger partial charge in [0.2, 0.25) is 0 Å². The van der Waals surface area contributed by atoms with E-state index in [0.717, 1.165) is 10.2 Å². The van der Waals surface area contributed by atoms with Crippen LogP contribution >= 0.6 is 15.9 Å². The number of para-hydroxylation sites is 1. The van der Waals surface area contributed by atoms with Gasteiger partial charge in [-0.05, 0) is 81.6 Å². The lowest BCUT2D eigenvalue weighted by molar-refractivity contribution is 1.18. The summed E-state index contributed by atoms with van der Waals surface area (Å²) in [6.07, 6.45) is 0. The third-order valence-corrected chi connectivity index (χ3v) is 7.49. The van der Waals surface area contributed by atoms with Crippen LogP contribution in [0.2, 0.25) is 0 Å². The van der Waals surface area contributed by atoms with Crippen LogP contribution < -0.4 is 0 Å². The summed E-state index contributed by atoms with van der Waals surface area (Å²) in [6, 6.07) is 48.2. The molecule has 1 nitrogen and oxygen atoms in total. The molecule has 0 aliphatic carbocycles. The second-order valence-corrected chi connectivity index (χ2v) is 10.1. The number of benzene rings is 6.